The van der Waals surface area contributed by atoms with E-state index in [1.807, 2.05) is 11.0 Å². The second-order valence-electron chi connectivity index (χ2n) is 9.02. The largest absolute Gasteiger partial charge is 0.453 e. The van der Waals surface area contributed by atoms with Gasteiger partial charge < -0.3 is 25.6 Å². The van der Waals surface area contributed by atoms with E-state index in [-0.39, 0.29) is 29.8 Å². The van der Waals surface area contributed by atoms with Gasteiger partial charge in [-0.25, -0.2) is 4.79 Å². The number of anilines is 2. The van der Waals surface area contributed by atoms with Gasteiger partial charge in [-0.15, -0.1) is 0 Å². The third-order valence-electron chi connectivity index (χ3n) is 6.65. The first kappa shape index (κ1) is 22.4. The maximum absolute atomic E-state index is 12.8. The van der Waals surface area contributed by atoms with Crippen LogP contribution in [0.15, 0.2) is 18.2 Å². The molecule has 0 atom stereocenters. The van der Waals surface area contributed by atoms with Gasteiger partial charge >= 0.3 is 6.09 Å². The maximum Gasteiger partial charge on any atom is 0.411 e. The van der Waals surface area contributed by atoms with Crippen LogP contribution in [0, 0.1) is 5.92 Å². The highest BCUT2D eigenvalue weighted by Crippen LogP contribution is 2.33. The Morgan fingerprint density at radius 1 is 1.00 bits per heavy atom. The lowest BCUT2D eigenvalue weighted by atomic mass is 9.91. The standard InChI is InChI=1S/C23H33N5O4/c1-32-23(31)26-19-14-16(21(29)25-18-7-5-17(24)6-8-18)4-9-20(19)27-10-12-28(13-11-27)22(30)15-2-3-15/h4,9,14-15,17-18H,2-3,5-8,10-13,24H2,1H3,(H,25,29)(H,26,31). The van der Waals surface area contributed by atoms with Gasteiger partial charge in [0.25, 0.3) is 5.91 Å². The van der Waals surface area contributed by atoms with Gasteiger partial charge in [0.1, 0.15) is 0 Å². The van der Waals surface area contributed by atoms with Crippen molar-refractivity contribution in [2.24, 2.45) is 11.7 Å². The van der Waals surface area contributed by atoms with Crippen molar-refractivity contribution in [3.8, 4) is 0 Å². The molecule has 174 valence electrons. The summed E-state index contributed by atoms with van der Waals surface area (Å²) in [6, 6.07) is 5.67. The van der Waals surface area contributed by atoms with Crippen LogP contribution in [0.4, 0.5) is 16.2 Å². The first-order chi connectivity index (χ1) is 15.4. The van der Waals surface area contributed by atoms with Crippen molar-refractivity contribution in [3.63, 3.8) is 0 Å². The zero-order valence-corrected chi connectivity index (χ0v) is 18.6. The van der Waals surface area contributed by atoms with Gasteiger partial charge in [0.05, 0.1) is 18.5 Å². The molecular weight excluding hydrogens is 410 g/mol. The molecule has 0 spiro atoms. The number of hydrogen-bond donors (Lipinski definition) is 3. The first-order valence-corrected chi connectivity index (χ1v) is 11.5. The Morgan fingerprint density at radius 2 is 1.69 bits per heavy atom. The summed E-state index contributed by atoms with van der Waals surface area (Å²) in [6.45, 7) is 2.64. The molecule has 3 amide bonds. The zero-order valence-electron chi connectivity index (χ0n) is 18.6. The highest BCUT2D eigenvalue weighted by molar-refractivity contribution is 5.98. The van der Waals surface area contributed by atoms with Crippen LogP contribution in [0.5, 0.6) is 0 Å². The minimum absolute atomic E-state index is 0.121. The van der Waals surface area contributed by atoms with Crippen molar-refractivity contribution in [1.29, 1.82) is 0 Å². The minimum Gasteiger partial charge on any atom is -0.453 e. The molecule has 1 aliphatic heterocycles. The quantitative estimate of drug-likeness (QED) is 0.640. The van der Waals surface area contributed by atoms with Gasteiger partial charge in [-0.05, 0) is 56.7 Å². The normalized spacial score (nSPS) is 23.4. The third-order valence-corrected chi connectivity index (χ3v) is 6.65. The maximum atomic E-state index is 12.8. The number of methoxy groups -OCH3 is 1. The number of nitrogens with one attached hydrogen (secondary N) is 2. The molecule has 1 aromatic rings. The summed E-state index contributed by atoms with van der Waals surface area (Å²) in [5.41, 5.74) is 7.78. The fourth-order valence-electron chi connectivity index (χ4n) is 4.50. The number of ether oxygens (including phenoxy) is 1. The van der Waals surface area contributed by atoms with Crippen LogP contribution in [0.3, 0.4) is 0 Å². The molecule has 2 saturated carbocycles. The summed E-state index contributed by atoms with van der Waals surface area (Å²) in [6.07, 6.45) is 4.99. The number of benzene rings is 1. The van der Waals surface area contributed by atoms with E-state index < -0.39 is 6.09 Å². The number of carbonyl (C=O) groups is 3. The van der Waals surface area contributed by atoms with Gasteiger partial charge in [-0.2, -0.15) is 0 Å². The Kier molecular flexibility index (Phi) is 6.83. The van der Waals surface area contributed by atoms with Crippen LogP contribution < -0.4 is 21.3 Å². The predicted octanol–water partition coefficient (Wildman–Crippen LogP) is 1.92. The Hall–Kier alpha value is -2.81. The molecule has 4 N–H and O–H groups in total. The summed E-state index contributed by atoms with van der Waals surface area (Å²) >= 11 is 0. The van der Waals surface area contributed by atoms with Crippen LogP contribution in [0.1, 0.15) is 48.9 Å². The van der Waals surface area contributed by atoms with Crippen LogP contribution >= 0.6 is 0 Å². The Morgan fingerprint density at radius 3 is 2.31 bits per heavy atom. The lowest BCUT2D eigenvalue weighted by Gasteiger charge is -2.37. The monoisotopic (exact) mass is 443 g/mol. The van der Waals surface area contributed by atoms with E-state index >= 15 is 0 Å². The molecule has 1 heterocycles. The van der Waals surface area contributed by atoms with Crippen molar-refractivity contribution in [2.75, 3.05) is 43.5 Å². The first-order valence-electron chi connectivity index (χ1n) is 11.5. The topological polar surface area (TPSA) is 117 Å². The number of hydrogen-bond acceptors (Lipinski definition) is 6. The van der Waals surface area contributed by atoms with E-state index in [1.165, 1.54) is 7.11 Å². The van der Waals surface area contributed by atoms with Crippen LogP contribution in [-0.4, -0.2) is 68.2 Å². The molecular formula is C23H33N5O4. The zero-order chi connectivity index (χ0) is 22.7. The molecule has 0 aromatic heterocycles. The average molecular weight is 444 g/mol. The second-order valence-corrected chi connectivity index (χ2v) is 9.02. The van der Waals surface area contributed by atoms with E-state index in [0.29, 0.717) is 37.4 Å². The SMILES string of the molecule is COC(=O)Nc1cc(C(=O)NC2CCC(N)CC2)ccc1N1CCN(C(=O)C2CC2)CC1. The number of amides is 3. The molecule has 9 nitrogen and oxygen atoms in total. The highest BCUT2D eigenvalue weighted by Gasteiger charge is 2.35. The third kappa shape index (κ3) is 5.32. The molecule has 32 heavy (non-hydrogen) atoms. The number of nitrogens with zero attached hydrogens (tertiary/aromatic N) is 2. The molecule has 0 unspecified atom stereocenters. The van der Waals surface area contributed by atoms with Crippen molar-refractivity contribution in [1.82, 2.24) is 10.2 Å². The highest BCUT2D eigenvalue weighted by atomic mass is 16.5. The number of piperazine rings is 1. The number of carbonyl (C=O) groups excluding carboxylic acids is 3. The van der Waals surface area contributed by atoms with Crippen molar-refractivity contribution >= 4 is 29.3 Å². The molecule has 0 radical (unpaired) electrons. The number of rotatable bonds is 5. The fraction of sp³-hybridized carbons (Fsp3) is 0.609. The van der Waals surface area contributed by atoms with E-state index in [9.17, 15) is 14.4 Å². The van der Waals surface area contributed by atoms with E-state index in [0.717, 1.165) is 44.2 Å². The Balaban J connectivity index is 1.45. The molecule has 0 bridgehead atoms. The molecule has 1 aromatic carbocycles. The van der Waals surface area contributed by atoms with Crippen molar-refractivity contribution in [3.05, 3.63) is 23.8 Å². The van der Waals surface area contributed by atoms with Crippen molar-refractivity contribution in [2.45, 2.75) is 50.6 Å². The molecule has 4 rings (SSSR count). The van der Waals surface area contributed by atoms with Crippen molar-refractivity contribution < 1.29 is 19.1 Å². The second kappa shape index (κ2) is 9.77. The van der Waals surface area contributed by atoms with Crippen LogP contribution in [-0.2, 0) is 9.53 Å². The molecule has 9 heteroatoms. The van der Waals surface area contributed by atoms with Gasteiger partial charge in [-0.1, -0.05) is 0 Å². The lowest BCUT2D eigenvalue weighted by molar-refractivity contribution is -0.132. The van der Waals surface area contributed by atoms with E-state index in [1.54, 1.807) is 12.1 Å². The molecule has 2 aliphatic carbocycles. The predicted molar refractivity (Wildman–Crippen MR) is 122 cm³/mol. The summed E-state index contributed by atoms with van der Waals surface area (Å²) in [5, 5.41) is 5.83. The fourth-order valence-corrected chi connectivity index (χ4v) is 4.50. The molecule has 3 fully saturated rings. The van der Waals surface area contributed by atoms with E-state index in [4.69, 9.17) is 10.5 Å². The van der Waals surface area contributed by atoms with Gasteiger partial charge in [0, 0.05) is 49.7 Å². The van der Waals surface area contributed by atoms with Crippen LogP contribution in [0.25, 0.3) is 0 Å². The summed E-state index contributed by atoms with van der Waals surface area (Å²) in [4.78, 5) is 41.2. The molecule has 1 saturated heterocycles. The smallest absolute Gasteiger partial charge is 0.411 e. The van der Waals surface area contributed by atoms with Gasteiger partial charge in [0.15, 0.2) is 0 Å². The summed E-state index contributed by atoms with van der Waals surface area (Å²) in [7, 11) is 1.31. The summed E-state index contributed by atoms with van der Waals surface area (Å²) in [5.74, 6) is 0.314. The Labute approximate surface area is 188 Å². The minimum atomic E-state index is -0.590. The summed E-state index contributed by atoms with van der Waals surface area (Å²) < 4.78 is 4.78. The van der Waals surface area contributed by atoms with E-state index in [2.05, 4.69) is 15.5 Å². The number of nitrogens with two attached hydrogens (primary N) is 1. The van der Waals surface area contributed by atoms with Gasteiger partial charge in [0.2, 0.25) is 5.91 Å². The Bertz CT molecular complexity index is 856. The van der Waals surface area contributed by atoms with Crippen LogP contribution in [0.2, 0.25) is 0 Å². The average Bonchev–Trinajstić information content (AvgIpc) is 3.65. The lowest BCUT2D eigenvalue weighted by Crippen LogP contribution is -2.49. The molecule has 3 aliphatic rings. The van der Waals surface area contributed by atoms with Gasteiger partial charge in [-0.3, -0.25) is 14.9 Å².